The maximum atomic E-state index is 14.4. The molecule has 1 aliphatic rings. The van der Waals surface area contributed by atoms with Gasteiger partial charge in [-0.1, -0.05) is 30.3 Å². The zero-order chi connectivity index (χ0) is 11.6. The normalized spacial score (nSPS) is 28.7. The molecule has 0 spiro atoms. The third-order valence-corrected chi connectivity index (χ3v) is 2.92. The molecule has 0 radical (unpaired) electrons. The Balaban J connectivity index is 2.05. The number of guanidine groups is 1. The van der Waals surface area contributed by atoms with E-state index in [4.69, 9.17) is 0 Å². The fraction of sp³-hybridized carbons (Fsp3) is 0.417. The van der Waals surface area contributed by atoms with Crippen LogP contribution in [0.3, 0.4) is 0 Å². The largest absolute Gasteiger partial charge is 0.359 e. The summed E-state index contributed by atoms with van der Waals surface area (Å²) in [5.41, 5.74) is -0.507. The van der Waals surface area contributed by atoms with Gasteiger partial charge in [0, 0.05) is 20.5 Å². The third-order valence-electron chi connectivity index (χ3n) is 2.92. The Labute approximate surface area is 94.8 Å². The highest BCUT2D eigenvalue weighted by Gasteiger charge is 2.57. The first-order valence-corrected chi connectivity index (χ1v) is 5.36. The summed E-state index contributed by atoms with van der Waals surface area (Å²) in [5.74, 6) is 0.625. The molecule has 0 bridgehead atoms. The lowest BCUT2D eigenvalue weighted by Crippen LogP contribution is -2.38. The van der Waals surface area contributed by atoms with Crippen LogP contribution in [0.1, 0.15) is 12.0 Å². The molecule has 86 valence electrons. The Kier molecular flexibility index (Phi) is 2.81. The van der Waals surface area contributed by atoms with Gasteiger partial charge in [0.05, 0.1) is 6.04 Å². The number of hydrogen-bond donors (Lipinski definition) is 2. The van der Waals surface area contributed by atoms with Crippen LogP contribution in [-0.4, -0.2) is 26.1 Å². The maximum absolute atomic E-state index is 14.4. The van der Waals surface area contributed by atoms with Gasteiger partial charge < -0.3 is 10.6 Å². The number of rotatable bonds is 2. The molecule has 0 saturated heterocycles. The minimum absolute atomic E-state index is 0.180. The Bertz CT molecular complexity index is 391. The minimum atomic E-state index is -1.24. The van der Waals surface area contributed by atoms with Crippen LogP contribution in [0.15, 0.2) is 35.3 Å². The highest BCUT2D eigenvalue weighted by atomic mass is 19.1. The molecule has 3 nitrogen and oxygen atoms in total. The van der Waals surface area contributed by atoms with Gasteiger partial charge in [0.15, 0.2) is 11.6 Å². The van der Waals surface area contributed by atoms with Crippen LogP contribution in [0.5, 0.6) is 0 Å². The predicted octanol–water partition coefficient (Wildman–Crippen LogP) is 1.42. The van der Waals surface area contributed by atoms with E-state index in [0.29, 0.717) is 12.4 Å². The highest BCUT2D eigenvalue weighted by molar-refractivity contribution is 5.80. The summed E-state index contributed by atoms with van der Waals surface area (Å²) in [6, 6.07) is 9.08. The molecule has 1 aliphatic carbocycles. The number of halogens is 1. The molecule has 4 heteroatoms. The molecule has 0 amide bonds. The lowest BCUT2D eigenvalue weighted by Gasteiger charge is -2.11. The Morgan fingerprint density at radius 1 is 1.44 bits per heavy atom. The summed E-state index contributed by atoms with van der Waals surface area (Å²) in [4.78, 5) is 3.97. The topological polar surface area (TPSA) is 36.4 Å². The second-order valence-corrected chi connectivity index (χ2v) is 3.95. The number of nitrogens with zero attached hydrogens (tertiary/aromatic N) is 1. The summed E-state index contributed by atoms with van der Waals surface area (Å²) in [5, 5.41) is 5.93. The molecule has 2 rings (SSSR count). The van der Waals surface area contributed by atoms with E-state index in [1.165, 1.54) is 0 Å². The van der Waals surface area contributed by atoms with Gasteiger partial charge in [-0.2, -0.15) is 0 Å². The maximum Gasteiger partial charge on any atom is 0.191 e. The standard InChI is InChI=1S/C12H16FN3/c1-14-11(15-2)16-10-8-12(10,13)9-6-4-3-5-7-9/h3-7,10H,8H2,1-2H3,(H2,14,15,16). The number of benzene rings is 1. The summed E-state index contributed by atoms with van der Waals surface area (Å²) in [7, 11) is 3.43. The molecule has 2 atom stereocenters. The van der Waals surface area contributed by atoms with Gasteiger partial charge >= 0.3 is 0 Å². The van der Waals surface area contributed by atoms with Crippen LogP contribution in [0.25, 0.3) is 0 Å². The van der Waals surface area contributed by atoms with E-state index in [1.54, 1.807) is 14.1 Å². The number of hydrogen-bond acceptors (Lipinski definition) is 1. The monoisotopic (exact) mass is 221 g/mol. The Hall–Kier alpha value is -1.58. The first-order valence-electron chi connectivity index (χ1n) is 5.36. The van der Waals surface area contributed by atoms with E-state index in [-0.39, 0.29) is 6.04 Å². The lowest BCUT2D eigenvalue weighted by molar-refractivity contribution is 0.300. The van der Waals surface area contributed by atoms with E-state index < -0.39 is 5.67 Å². The average molecular weight is 221 g/mol. The number of aliphatic imine (C=N–C) groups is 1. The van der Waals surface area contributed by atoms with E-state index in [9.17, 15) is 4.39 Å². The van der Waals surface area contributed by atoms with E-state index >= 15 is 0 Å². The summed E-state index contributed by atoms with van der Waals surface area (Å²) < 4.78 is 14.4. The fourth-order valence-electron chi connectivity index (χ4n) is 1.85. The van der Waals surface area contributed by atoms with Gasteiger partial charge in [0.2, 0.25) is 0 Å². The van der Waals surface area contributed by atoms with Crippen molar-refractivity contribution in [3.8, 4) is 0 Å². The quantitative estimate of drug-likeness (QED) is 0.585. The second-order valence-electron chi connectivity index (χ2n) is 3.95. The molecule has 2 unspecified atom stereocenters. The molecule has 1 fully saturated rings. The van der Waals surface area contributed by atoms with Crippen molar-refractivity contribution >= 4 is 5.96 Å². The molecular weight excluding hydrogens is 205 g/mol. The van der Waals surface area contributed by atoms with Crippen molar-refractivity contribution in [3.05, 3.63) is 35.9 Å². The molecule has 0 aromatic heterocycles. The van der Waals surface area contributed by atoms with Crippen molar-refractivity contribution in [1.29, 1.82) is 0 Å². The molecular formula is C12H16FN3. The van der Waals surface area contributed by atoms with Gasteiger partial charge in [-0.25, -0.2) is 4.39 Å². The molecule has 1 aromatic carbocycles. The van der Waals surface area contributed by atoms with Gasteiger partial charge in [0.1, 0.15) is 0 Å². The van der Waals surface area contributed by atoms with Crippen molar-refractivity contribution in [2.75, 3.05) is 14.1 Å². The van der Waals surface area contributed by atoms with Gasteiger partial charge in [-0.15, -0.1) is 0 Å². The summed E-state index contributed by atoms with van der Waals surface area (Å²) in [6.45, 7) is 0. The first kappa shape index (κ1) is 10.9. The van der Waals surface area contributed by atoms with Gasteiger partial charge in [-0.05, 0) is 5.56 Å². The molecule has 0 heterocycles. The molecule has 1 saturated carbocycles. The summed E-state index contributed by atoms with van der Waals surface area (Å²) in [6.07, 6.45) is 0.498. The van der Waals surface area contributed by atoms with Crippen molar-refractivity contribution in [1.82, 2.24) is 10.6 Å². The van der Waals surface area contributed by atoms with E-state index in [1.807, 2.05) is 30.3 Å². The van der Waals surface area contributed by atoms with Gasteiger partial charge in [-0.3, -0.25) is 4.99 Å². The van der Waals surface area contributed by atoms with Crippen LogP contribution < -0.4 is 10.6 Å². The van der Waals surface area contributed by atoms with Crippen LogP contribution in [0.4, 0.5) is 4.39 Å². The molecule has 0 aliphatic heterocycles. The van der Waals surface area contributed by atoms with Crippen molar-refractivity contribution < 1.29 is 4.39 Å². The molecule has 16 heavy (non-hydrogen) atoms. The van der Waals surface area contributed by atoms with Crippen molar-refractivity contribution in [3.63, 3.8) is 0 Å². The zero-order valence-corrected chi connectivity index (χ0v) is 9.50. The van der Waals surface area contributed by atoms with Crippen molar-refractivity contribution in [2.24, 2.45) is 4.99 Å². The van der Waals surface area contributed by atoms with Crippen LogP contribution in [-0.2, 0) is 5.67 Å². The van der Waals surface area contributed by atoms with Crippen LogP contribution in [0, 0.1) is 0 Å². The second kappa shape index (κ2) is 4.12. The van der Waals surface area contributed by atoms with Crippen LogP contribution in [0.2, 0.25) is 0 Å². The summed E-state index contributed by atoms with van der Waals surface area (Å²) >= 11 is 0. The fourth-order valence-corrected chi connectivity index (χ4v) is 1.85. The van der Waals surface area contributed by atoms with Crippen molar-refractivity contribution in [2.45, 2.75) is 18.1 Å². The Morgan fingerprint density at radius 3 is 2.69 bits per heavy atom. The predicted molar refractivity (Wildman–Crippen MR) is 63.2 cm³/mol. The van der Waals surface area contributed by atoms with Gasteiger partial charge in [0.25, 0.3) is 0 Å². The third kappa shape index (κ3) is 1.87. The Morgan fingerprint density at radius 2 is 2.12 bits per heavy atom. The van der Waals surface area contributed by atoms with Crippen LogP contribution >= 0.6 is 0 Å². The van der Waals surface area contributed by atoms with E-state index in [0.717, 1.165) is 5.56 Å². The average Bonchev–Trinajstić information content (AvgIpc) is 3.00. The number of nitrogens with one attached hydrogen (secondary N) is 2. The smallest absolute Gasteiger partial charge is 0.191 e. The highest BCUT2D eigenvalue weighted by Crippen LogP contribution is 2.49. The minimum Gasteiger partial charge on any atom is -0.359 e. The zero-order valence-electron chi connectivity index (χ0n) is 9.50. The first-order chi connectivity index (χ1) is 7.70. The number of alkyl halides is 1. The molecule has 2 N–H and O–H groups in total. The SMILES string of the molecule is CN=C(NC)NC1CC1(F)c1ccccc1. The van der Waals surface area contributed by atoms with E-state index in [2.05, 4.69) is 15.6 Å². The molecule has 1 aromatic rings. The lowest BCUT2D eigenvalue weighted by atomic mass is 10.1.